The zero-order valence-electron chi connectivity index (χ0n) is 10.9. The standard InChI is InChI=1S/C13H24N2O2/c1-13(14-2,12(16)17)6-7-15-8-10-4-3-5-11(10)9-15/h10-11,14H,3-9H2,1-2H3,(H,16,17). The van der Waals surface area contributed by atoms with Crippen LogP contribution in [0.1, 0.15) is 32.6 Å². The number of carboxylic acids is 1. The molecule has 98 valence electrons. The summed E-state index contributed by atoms with van der Waals surface area (Å²) in [5.74, 6) is 1.03. The second-order valence-electron chi connectivity index (χ2n) is 5.85. The summed E-state index contributed by atoms with van der Waals surface area (Å²) in [7, 11) is 1.73. The summed E-state index contributed by atoms with van der Waals surface area (Å²) in [4.78, 5) is 13.6. The molecular formula is C13H24N2O2. The van der Waals surface area contributed by atoms with Gasteiger partial charge in [-0.15, -0.1) is 0 Å². The van der Waals surface area contributed by atoms with Crippen molar-refractivity contribution in [1.29, 1.82) is 0 Å². The molecule has 0 spiro atoms. The molecular weight excluding hydrogens is 216 g/mol. The zero-order chi connectivity index (χ0) is 12.5. The average molecular weight is 240 g/mol. The van der Waals surface area contributed by atoms with Crippen LogP contribution in [0.15, 0.2) is 0 Å². The molecule has 1 aliphatic heterocycles. The molecule has 3 unspecified atom stereocenters. The number of carbonyl (C=O) groups is 1. The van der Waals surface area contributed by atoms with E-state index in [0.717, 1.165) is 18.4 Å². The van der Waals surface area contributed by atoms with Gasteiger partial charge < -0.3 is 15.3 Å². The van der Waals surface area contributed by atoms with Crippen LogP contribution in [0.5, 0.6) is 0 Å². The Bertz CT molecular complexity index is 283. The number of aliphatic carboxylic acids is 1. The molecule has 2 N–H and O–H groups in total. The van der Waals surface area contributed by atoms with Gasteiger partial charge in [0.25, 0.3) is 0 Å². The third kappa shape index (κ3) is 2.63. The smallest absolute Gasteiger partial charge is 0.323 e. The average Bonchev–Trinajstić information content (AvgIpc) is 2.85. The van der Waals surface area contributed by atoms with Gasteiger partial charge in [0.05, 0.1) is 0 Å². The Morgan fingerprint density at radius 1 is 1.41 bits per heavy atom. The Morgan fingerprint density at radius 3 is 2.47 bits per heavy atom. The lowest BCUT2D eigenvalue weighted by Crippen LogP contribution is -2.49. The summed E-state index contributed by atoms with van der Waals surface area (Å²) < 4.78 is 0. The largest absolute Gasteiger partial charge is 0.480 e. The first kappa shape index (κ1) is 12.8. The van der Waals surface area contributed by atoms with E-state index >= 15 is 0 Å². The maximum atomic E-state index is 11.2. The maximum absolute atomic E-state index is 11.2. The van der Waals surface area contributed by atoms with Crippen LogP contribution in [-0.2, 0) is 4.79 Å². The third-order valence-corrected chi connectivity index (χ3v) is 4.75. The quantitative estimate of drug-likeness (QED) is 0.757. The van der Waals surface area contributed by atoms with Crippen LogP contribution < -0.4 is 5.32 Å². The van der Waals surface area contributed by atoms with Gasteiger partial charge in [0.1, 0.15) is 5.54 Å². The van der Waals surface area contributed by atoms with Crippen LogP contribution in [-0.4, -0.2) is 48.2 Å². The minimum atomic E-state index is -0.780. The zero-order valence-corrected chi connectivity index (χ0v) is 10.9. The number of likely N-dealkylation sites (N-methyl/N-ethyl adjacent to an activating group) is 1. The molecule has 0 radical (unpaired) electrons. The number of likely N-dealkylation sites (tertiary alicyclic amines) is 1. The van der Waals surface area contributed by atoms with Crippen LogP contribution in [0, 0.1) is 11.8 Å². The Balaban J connectivity index is 1.81. The van der Waals surface area contributed by atoms with E-state index in [1.54, 1.807) is 14.0 Å². The Morgan fingerprint density at radius 2 is 2.00 bits per heavy atom. The van der Waals surface area contributed by atoms with Crippen molar-refractivity contribution in [2.24, 2.45) is 11.8 Å². The molecule has 4 nitrogen and oxygen atoms in total. The molecule has 2 fully saturated rings. The first-order valence-corrected chi connectivity index (χ1v) is 6.70. The molecule has 1 saturated heterocycles. The summed E-state index contributed by atoms with van der Waals surface area (Å²) in [6, 6.07) is 0. The number of rotatable bonds is 5. The van der Waals surface area contributed by atoms with Crippen LogP contribution in [0.4, 0.5) is 0 Å². The van der Waals surface area contributed by atoms with E-state index in [2.05, 4.69) is 10.2 Å². The molecule has 2 aliphatic rings. The molecule has 1 heterocycles. The van der Waals surface area contributed by atoms with Crippen molar-refractivity contribution in [2.45, 2.75) is 38.1 Å². The predicted molar refractivity (Wildman–Crippen MR) is 67.0 cm³/mol. The highest BCUT2D eigenvalue weighted by Crippen LogP contribution is 2.37. The lowest BCUT2D eigenvalue weighted by atomic mass is 9.98. The molecule has 1 saturated carbocycles. The highest BCUT2D eigenvalue weighted by molar-refractivity contribution is 5.78. The van der Waals surface area contributed by atoms with E-state index in [1.807, 2.05) is 0 Å². The molecule has 1 aliphatic carbocycles. The fourth-order valence-electron chi connectivity index (χ4n) is 3.24. The van der Waals surface area contributed by atoms with Crippen molar-refractivity contribution in [2.75, 3.05) is 26.7 Å². The maximum Gasteiger partial charge on any atom is 0.323 e. The van der Waals surface area contributed by atoms with Crippen molar-refractivity contribution < 1.29 is 9.90 Å². The lowest BCUT2D eigenvalue weighted by molar-refractivity contribution is -0.144. The van der Waals surface area contributed by atoms with Gasteiger partial charge in [-0.3, -0.25) is 4.79 Å². The summed E-state index contributed by atoms with van der Waals surface area (Å²) in [5.41, 5.74) is -0.780. The van der Waals surface area contributed by atoms with E-state index in [1.165, 1.54) is 32.4 Å². The minimum Gasteiger partial charge on any atom is -0.480 e. The second-order valence-corrected chi connectivity index (χ2v) is 5.85. The van der Waals surface area contributed by atoms with Gasteiger partial charge in [0.2, 0.25) is 0 Å². The van der Waals surface area contributed by atoms with Crippen LogP contribution in [0.2, 0.25) is 0 Å². The minimum absolute atomic E-state index is 0.679. The predicted octanol–water partition coefficient (Wildman–Crippen LogP) is 1.17. The SMILES string of the molecule is CNC(C)(CCN1CC2CCCC2C1)C(=O)O. The van der Waals surface area contributed by atoms with Crippen molar-refractivity contribution in [3.63, 3.8) is 0 Å². The number of fused-ring (bicyclic) bond motifs is 1. The van der Waals surface area contributed by atoms with Gasteiger partial charge >= 0.3 is 5.97 Å². The first-order chi connectivity index (χ1) is 8.05. The summed E-state index contributed by atoms with van der Waals surface area (Å²) in [6.45, 7) is 5.04. The van der Waals surface area contributed by atoms with Crippen molar-refractivity contribution >= 4 is 5.97 Å². The molecule has 4 heteroatoms. The monoisotopic (exact) mass is 240 g/mol. The van der Waals surface area contributed by atoms with Gasteiger partial charge in [-0.25, -0.2) is 0 Å². The van der Waals surface area contributed by atoms with Gasteiger partial charge in [0, 0.05) is 19.6 Å². The summed E-state index contributed by atoms with van der Waals surface area (Å²) in [6.07, 6.45) is 4.83. The summed E-state index contributed by atoms with van der Waals surface area (Å²) in [5, 5.41) is 12.1. The Labute approximate surface area is 103 Å². The highest BCUT2D eigenvalue weighted by atomic mass is 16.4. The topological polar surface area (TPSA) is 52.6 Å². The second kappa shape index (κ2) is 4.94. The number of hydrogen-bond donors (Lipinski definition) is 2. The van der Waals surface area contributed by atoms with E-state index < -0.39 is 11.5 Å². The van der Waals surface area contributed by atoms with Crippen LogP contribution >= 0.6 is 0 Å². The highest BCUT2D eigenvalue weighted by Gasteiger charge is 2.37. The molecule has 0 amide bonds. The molecule has 3 atom stereocenters. The van der Waals surface area contributed by atoms with Gasteiger partial charge in [-0.2, -0.15) is 0 Å². The molecule has 0 aromatic heterocycles. The van der Waals surface area contributed by atoms with E-state index in [-0.39, 0.29) is 0 Å². The van der Waals surface area contributed by atoms with Gasteiger partial charge in [-0.1, -0.05) is 6.42 Å². The summed E-state index contributed by atoms with van der Waals surface area (Å²) >= 11 is 0. The first-order valence-electron chi connectivity index (χ1n) is 6.70. The van der Waals surface area contributed by atoms with Crippen molar-refractivity contribution in [1.82, 2.24) is 10.2 Å². The molecule has 0 aromatic carbocycles. The Hall–Kier alpha value is -0.610. The van der Waals surface area contributed by atoms with Gasteiger partial charge in [-0.05, 0) is 45.1 Å². The van der Waals surface area contributed by atoms with Crippen molar-refractivity contribution in [3.8, 4) is 0 Å². The van der Waals surface area contributed by atoms with E-state index in [0.29, 0.717) is 6.42 Å². The van der Waals surface area contributed by atoms with E-state index in [9.17, 15) is 9.90 Å². The normalized spacial score (nSPS) is 32.4. The van der Waals surface area contributed by atoms with Crippen LogP contribution in [0.3, 0.4) is 0 Å². The van der Waals surface area contributed by atoms with Crippen LogP contribution in [0.25, 0.3) is 0 Å². The third-order valence-electron chi connectivity index (χ3n) is 4.75. The fraction of sp³-hybridized carbons (Fsp3) is 0.923. The fourth-order valence-corrected chi connectivity index (χ4v) is 3.24. The molecule has 0 bridgehead atoms. The molecule has 17 heavy (non-hydrogen) atoms. The molecule has 0 aromatic rings. The van der Waals surface area contributed by atoms with Crippen molar-refractivity contribution in [3.05, 3.63) is 0 Å². The Kier molecular flexibility index (Phi) is 3.73. The molecule has 2 rings (SSSR count). The number of carboxylic acid groups (broad SMARTS) is 1. The number of hydrogen-bond acceptors (Lipinski definition) is 3. The van der Waals surface area contributed by atoms with E-state index in [4.69, 9.17) is 0 Å². The lowest BCUT2D eigenvalue weighted by Gasteiger charge is -2.27. The number of nitrogens with one attached hydrogen (secondary N) is 1. The van der Waals surface area contributed by atoms with Gasteiger partial charge in [0.15, 0.2) is 0 Å². The number of nitrogens with zero attached hydrogens (tertiary/aromatic N) is 1.